The summed E-state index contributed by atoms with van der Waals surface area (Å²) >= 11 is 1.80. The highest BCUT2D eigenvalue weighted by Gasteiger charge is 2.31. The van der Waals surface area contributed by atoms with Crippen LogP contribution in [0.2, 0.25) is 0 Å². The standard InChI is InChI=1S/C16H21NO4S/c1-3-4-6-17-14(18)5-7-22-16(17)11-8-12(19-2)15-13(9-11)20-10-21-15/h8-9,16H,3-7,10H2,1-2H3. The van der Waals surface area contributed by atoms with E-state index in [0.29, 0.717) is 23.7 Å². The molecule has 2 aliphatic rings. The van der Waals surface area contributed by atoms with Crippen LogP contribution in [0.25, 0.3) is 0 Å². The molecule has 1 aromatic carbocycles. The van der Waals surface area contributed by atoms with E-state index >= 15 is 0 Å². The molecule has 3 rings (SSSR count). The SMILES string of the molecule is CCCCN1C(=O)CCSC1c1cc(OC)c2c(c1)OCO2. The molecule has 5 nitrogen and oxygen atoms in total. The maximum atomic E-state index is 12.3. The van der Waals surface area contributed by atoms with Crippen molar-refractivity contribution in [1.82, 2.24) is 4.90 Å². The third-order valence-corrected chi connectivity index (χ3v) is 5.20. The van der Waals surface area contributed by atoms with Gasteiger partial charge in [0.25, 0.3) is 0 Å². The van der Waals surface area contributed by atoms with Crippen molar-refractivity contribution >= 4 is 17.7 Å². The molecule has 0 radical (unpaired) electrons. The Morgan fingerprint density at radius 2 is 2.27 bits per heavy atom. The van der Waals surface area contributed by atoms with Crippen molar-refractivity contribution < 1.29 is 19.0 Å². The zero-order valence-electron chi connectivity index (χ0n) is 13.0. The number of ether oxygens (including phenoxy) is 3. The summed E-state index contributed by atoms with van der Waals surface area (Å²) in [4.78, 5) is 14.3. The second kappa shape index (κ2) is 6.69. The van der Waals surface area contributed by atoms with Crippen molar-refractivity contribution in [2.24, 2.45) is 0 Å². The number of unbranched alkanes of at least 4 members (excludes halogenated alkanes) is 1. The Labute approximate surface area is 134 Å². The molecule has 2 aliphatic heterocycles. The van der Waals surface area contributed by atoms with Crippen LogP contribution in [-0.4, -0.2) is 37.0 Å². The summed E-state index contributed by atoms with van der Waals surface area (Å²) in [7, 11) is 1.62. The van der Waals surface area contributed by atoms with E-state index in [2.05, 4.69) is 6.92 Å². The Morgan fingerprint density at radius 1 is 1.41 bits per heavy atom. The zero-order chi connectivity index (χ0) is 15.5. The van der Waals surface area contributed by atoms with Gasteiger partial charge in [-0.25, -0.2) is 0 Å². The smallest absolute Gasteiger partial charge is 0.231 e. The Bertz CT molecular complexity index is 563. The van der Waals surface area contributed by atoms with Crippen LogP contribution in [0.1, 0.15) is 37.1 Å². The van der Waals surface area contributed by atoms with Gasteiger partial charge in [0.15, 0.2) is 11.5 Å². The number of fused-ring (bicyclic) bond motifs is 1. The summed E-state index contributed by atoms with van der Waals surface area (Å²) in [6.07, 6.45) is 2.71. The van der Waals surface area contributed by atoms with E-state index in [1.54, 1.807) is 18.9 Å². The Kier molecular flexibility index (Phi) is 4.66. The second-order valence-corrected chi connectivity index (χ2v) is 6.56. The van der Waals surface area contributed by atoms with Gasteiger partial charge in [-0.3, -0.25) is 4.79 Å². The van der Waals surface area contributed by atoms with Crippen LogP contribution in [0.5, 0.6) is 17.2 Å². The molecule has 120 valence electrons. The Hall–Kier alpha value is -1.56. The quantitative estimate of drug-likeness (QED) is 0.833. The number of nitrogens with zero attached hydrogens (tertiary/aromatic N) is 1. The topological polar surface area (TPSA) is 48.0 Å². The largest absolute Gasteiger partial charge is 0.493 e. The molecule has 1 atom stereocenters. The normalized spacial score (nSPS) is 20.4. The van der Waals surface area contributed by atoms with Gasteiger partial charge < -0.3 is 19.1 Å². The molecule has 0 aromatic heterocycles. The fourth-order valence-electron chi connectivity index (χ4n) is 2.76. The number of rotatable bonds is 5. The van der Waals surface area contributed by atoms with E-state index in [1.807, 2.05) is 17.0 Å². The molecule has 1 unspecified atom stereocenters. The Morgan fingerprint density at radius 3 is 3.05 bits per heavy atom. The molecular weight excluding hydrogens is 302 g/mol. The molecule has 0 saturated carbocycles. The van der Waals surface area contributed by atoms with Gasteiger partial charge in [-0.15, -0.1) is 11.8 Å². The summed E-state index contributed by atoms with van der Waals surface area (Å²) in [5, 5.41) is 0.0243. The molecule has 1 fully saturated rings. The van der Waals surface area contributed by atoms with Crippen molar-refractivity contribution in [1.29, 1.82) is 0 Å². The molecular formula is C16H21NO4S. The van der Waals surface area contributed by atoms with E-state index in [-0.39, 0.29) is 18.1 Å². The molecule has 1 amide bonds. The van der Waals surface area contributed by atoms with Crippen LogP contribution >= 0.6 is 11.8 Å². The van der Waals surface area contributed by atoms with E-state index < -0.39 is 0 Å². The number of carbonyl (C=O) groups is 1. The van der Waals surface area contributed by atoms with Gasteiger partial charge in [0.1, 0.15) is 5.37 Å². The molecule has 1 aromatic rings. The van der Waals surface area contributed by atoms with Gasteiger partial charge in [0, 0.05) is 18.7 Å². The van der Waals surface area contributed by atoms with E-state index in [4.69, 9.17) is 14.2 Å². The van der Waals surface area contributed by atoms with E-state index in [0.717, 1.165) is 30.7 Å². The lowest BCUT2D eigenvalue weighted by Gasteiger charge is -2.35. The summed E-state index contributed by atoms with van der Waals surface area (Å²) in [6, 6.07) is 3.93. The predicted octanol–water partition coefficient (Wildman–Crippen LogP) is 3.19. The van der Waals surface area contributed by atoms with Gasteiger partial charge >= 0.3 is 0 Å². The number of thioether (sulfide) groups is 1. The summed E-state index contributed by atoms with van der Waals surface area (Å²) < 4.78 is 16.4. The van der Waals surface area contributed by atoms with E-state index in [1.165, 1.54) is 0 Å². The summed E-state index contributed by atoms with van der Waals surface area (Å²) in [6.45, 7) is 3.15. The maximum Gasteiger partial charge on any atom is 0.231 e. The average Bonchev–Trinajstić information content (AvgIpc) is 3.01. The number of benzene rings is 1. The lowest BCUT2D eigenvalue weighted by atomic mass is 10.1. The first-order chi connectivity index (χ1) is 10.7. The average molecular weight is 323 g/mol. The molecule has 6 heteroatoms. The first-order valence-electron chi connectivity index (χ1n) is 7.63. The molecule has 22 heavy (non-hydrogen) atoms. The van der Waals surface area contributed by atoms with E-state index in [9.17, 15) is 4.79 Å². The van der Waals surface area contributed by atoms with Crippen LogP contribution in [0.3, 0.4) is 0 Å². The van der Waals surface area contributed by atoms with Gasteiger partial charge in [0.2, 0.25) is 18.4 Å². The van der Waals surface area contributed by atoms with Gasteiger partial charge in [0.05, 0.1) is 7.11 Å². The molecule has 0 spiro atoms. The maximum absolute atomic E-state index is 12.3. The first-order valence-corrected chi connectivity index (χ1v) is 8.68. The minimum Gasteiger partial charge on any atom is -0.493 e. The third kappa shape index (κ3) is 2.84. The number of amides is 1. The summed E-state index contributed by atoms with van der Waals surface area (Å²) in [5.41, 5.74) is 1.04. The summed E-state index contributed by atoms with van der Waals surface area (Å²) in [5.74, 6) is 3.10. The molecule has 0 N–H and O–H groups in total. The van der Waals surface area contributed by atoms with Gasteiger partial charge in [-0.05, 0) is 24.1 Å². The molecule has 2 heterocycles. The highest BCUT2D eigenvalue weighted by Crippen LogP contribution is 2.46. The van der Waals surface area contributed by atoms with Gasteiger partial charge in [-0.1, -0.05) is 13.3 Å². The van der Waals surface area contributed by atoms with Crippen LogP contribution in [0.4, 0.5) is 0 Å². The van der Waals surface area contributed by atoms with Crippen molar-refractivity contribution in [3.8, 4) is 17.2 Å². The lowest BCUT2D eigenvalue weighted by molar-refractivity contribution is -0.132. The van der Waals surface area contributed by atoms with Gasteiger partial charge in [-0.2, -0.15) is 0 Å². The minimum atomic E-state index is 0.0243. The van der Waals surface area contributed by atoms with Crippen molar-refractivity contribution in [3.05, 3.63) is 17.7 Å². The second-order valence-electron chi connectivity index (χ2n) is 5.37. The molecule has 1 saturated heterocycles. The molecule has 0 aliphatic carbocycles. The predicted molar refractivity (Wildman–Crippen MR) is 85.6 cm³/mol. The first kappa shape index (κ1) is 15.3. The fourth-order valence-corrected chi connectivity index (χ4v) is 4.01. The van der Waals surface area contributed by atoms with Crippen molar-refractivity contribution in [2.75, 3.05) is 26.2 Å². The van der Waals surface area contributed by atoms with Crippen molar-refractivity contribution in [3.63, 3.8) is 0 Å². The number of carbonyl (C=O) groups excluding carboxylic acids is 1. The highest BCUT2D eigenvalue weighted by molar-refractivity contribution is 7.99. The van der Waals surface area contributed by atoms with Crippen LogP contribution in [0, 0.1) is 0 Å². The van der Waals surface area contributed by atoms with Crippen molar-refractivity contribution in [2.45, 2.75) is 31.6 Å². The number of methoxy groups -OCH3 is 1. The van der Waals surface area contributed by atoms with Crippen LogP contribution < -0.4 is 14.2 Å². The number of hydrogen-bond donors (Lipinski definition) is 0. The van der Waals surface area contributed by atoms with Crippen LogP contribution in [-0.2, 0) is 4.79 Å². The highest BCUT2D eigenvalue weighted by atomic mass is 32.2. The lowest BCUT2D eigenvalue weighted by Crippen LogP contribution is -2.37. The Balaban J connectivity index is 1.92. The molecule has 0 bridgehead atoms. The van der Waals surface area contributed by atoms with Crippen LogP contribution in [0.15, 0.2) is 12.1 Å². The number of hydrogen-bond acceptors (Lipinski definition) is 5. The third-order valence-electron chi connectivity index (χ3n) is 3.91. The minimum absolute atomic E-state index is 0.0243. The monoisotopic (exact) mass is 323 g/mol. The fraction of sp³-hybridized carbons (Fsp3) is 0.562. The zero-order valence-corrected chi connectivity index (χ0v) is 13.8.